The minimum Gasteiger partial charge on any atom is -0.464 e. The number of esters is 1. The normalized spacial score (nSPS) is 10.2. The summed E-state index contributed by atoms with van der Waals surface area (Å²) in [5.41, 5.74) is 0. The zero-order chi connectivity index (χ0) is 10.3. The summed E-state index contributed by atoms with van der Waals surface area (Å²) in [6, 6.07) is 0. The van der Waals surface area contributed by atoms with Crippen LogP contribution < -0.4 is 0 Å². The fourth-order valence-electron chi connectivity index (χ4n) is 0.737. The summed E-state index contributed by atoms with van der Waals surface area (Å²) in [4.78, 5) is 12.8. The number of hydrogen-bond acceptors (Lipinski definition) is 3. The maximum Gasteiger partial charge on any atom is 0.320 e. The molecular weight excluding hydrogens is 166 g/mol. The van der Waals surface area contributed by atoms with Gasteiger partial charge in [0.15, 0.2) is 0 Å². The molecule has 0 aliphatic rings. The number of terminal acetylenes is 1. The topological polar surface area (TPSA) is 29.5 Å². The van der Waals surface area contributed by atoms with E-state index in [0.717, 1.165) is 0 Å². The van der Waals surface area contributed by atoms with Gasteiger partial charge >= 0.3 is 5.97 Å². The fraction of sp³-hybridized carbons (Fsp3) is 0.700. The predicted molar refractivity (Wildman–Crippen MR) is 52.1 cm³/mol. The number of ether oxygens (including phenoxy) is 1. The van der Waals surface area contributed by atoms with Crippen LogP contribution >= 0.6 is 0 Å². The highest BCUT2D eigenvalue weighted by Gasteiger charge is 2.06. The van der Waals surface area contributed by atoms with Crippen LogP contribution in [0.25, 0.3) is 0 Å². The molecule has 0 amide bonds. The van der Waals surface area contributed by atoms with Crippen LogP contribution in [0.4, 0.5) is 0 Å². The summed E-state index contributed by atoms with van der Waals surface area (Å²) in [6.45, 7) is 5.20. The number of carbonyl (C=O) groups excluding carboxylic acids is 1. The molecule has 0 heterocycles. The highest BCUT2D eigenvalue weighted by molar-refractivity contribution is 5.71. The summed E-state index contributed by atoms with van der Waals surface area (Å²) in [7, 11) is 1.79. The zero-order valence-electron chi connectivity index (χ0n) is 8.54. The maximum absolute atomic E-state index is 11.1. The van der Waals surface area contributed by atoms with E-state index in [4.69, 9.17) is 11.2 Å². The van der Waals surface area contributed by atoms with Gasteiger partial charge in [0.2, 0.25) is 0 Å². The van der Waals surface area contributed by atoms with E-state index in [-0.39, 0.29) is 12.5 Å². The van der Waals surface area contributed by atoms with Crippen LogP contribution in [-0.2, 0) is 9.53 Å². The Bertz CT molecular complexity index is 194. The molecule has 0 aromatic carbocycles. The van der Waals surface area contributed by atoms with Crippen molar-refractivity contribution in [2.45, 2.75) is 13.8 Å². The fourth-order valence-corrected chi connectivity index (χ4v) is 0.737. The van der Waals surface area contributed by atoms with Crippen molar-refractivity contribution in [3.63, 3.8) is 0 Å². The number of nitrogens with zero attached hydrogens (tertiary/aromatic N) is 1. The molecule has 0 N–H and O–H groups in total. The van der Waals surface area contributed by atoms with Crippen molar-refractivity contribution in [2.75, 3.05) is 26.7 Å². The Kier molecular flexibility index (Phi) is 5.99. The minimum absolute atomic E-state index is 0.216. The molecule has 13 heavy (non-hydrogen) atoms. The van der Waals surface area contributed by atoms with E-state index in [1.165, 1.54) is 0 Å². The third-order valence-electron chi connectivity index (χ3n) is 1.34. The Labute approximate surface area is 80.1 Å². The quantitative estimate of drug-likeness (QED) is 0.465. The highest BCUT2D eigenvalue weighted by Crippen LogP contribution is 1.93. The van der Waals surface area contributed by atoms with Crippen molar-refractivity contribution in [3.05, 3.63) is 0 Å². The summed E-state index contributed by atoms with van der Waals surface area (Å²) in [5, 5.41) is 0. The molecule has 0 atom stereocenters. The van der Waals surface area contributed by atoms with E-state index < -0.39 is 0 Å². The first-order chi connectivity index (χ1) is 6.06. The average Bonchev–Trinajstić information content (AvgIpc) is 2.01. The third kappa shape index (κ3) is 7.35. The van der Waals surface area contributed by atoms with Crippen LogP contribution in [0.2, 0.25) is 0 Å². The van der Waals surface area contributed by atoms with Crippen molar-refractivity contribution in [1.82, 2.24) is 4.90 Å². The monoisotopic (exact) mass is 183 g/mol. The molecule has 0 spiro atoms. The van der Waals surface area contributed by atoms with E-state index >= 15 is 0 Å². The van der Waals surface area contributed by atoms with Gasteiger partial charge in [0.05, 0.1) is 19.7 Å². The van der Waals surface area contributed by atoms with Crippen LogP contribution in [0, 0.1) is 18.3 Å². The van der Waals surface area contributed by atoms with Gasteiger partial charge in [0.25, 0.3) is 0 Å². The Hall–Kier alpha value is -1.01. The second kappa shape index (κ2) is 6.50. The molecular formula is C10H17NO2. The summed E-state index contributed by atoms with van der Waals surface area (Å²) in [5.74, 6) is 2.62. The van der Waals surface area contributed by atoms with Crippen LogP contribution in [0.1, 0.15) is 13.8 Å². The smallest absolute Gasteiger partial charge is 0.320 e. The maximum atomic E-state index is 11.1. The lowest BCUT2D eigenvalue weighted by Crippen LogP contribution is -2.28. The van der Waals surface area contributed by atoms with Crippen LogP contribution in [-0.4, -0.2) is 37.6 Å². The van der Waals surface area contributed by atoms with E-state index in [1.54, 1.807) is 11.9 Å². The standard InChI is InChI=1S/C10H17NO2/c1-5-6-11(4)7-10(12)13-8-9(2)3/h1,9H,6-8H2,2-4H3. The molecule has 0 saturated heterocycles. The van der Waals surface area contributed by atoms with Gasteiger partial charge in [0.1, 0.15) is 0 Å². The first-order valence-corrected chi connectivity index (χ1v) is 4.34. The second-order valence-corrected chi connectivity index (χ2v) is 3.45. The van der Waals surface area contributed by atoms with Crippen molar-refractivity contribution in [3.8, 4) is 12.3 Å². The highest BCUT2D eigenvalue weighted by atomic mass is 16.5. The number of hydrogen-bond donors (Lipinski definition) is 0. The van der Waals surface area contributed by atoms with E-state index in [2.05, 4.69) is 5.92 Å². The molecule has 0 radical (unpaired) electrons. The lowest BCUT2D eigenvalue weighted by atomic mass is 10.2. The van der Waals surface area contributed by atoms with Crippen LogP contribution in [0.5, 0.6) is 0 Å². The molecule has 3 heteroatoms. The summed E-state index contributed by atoms with van der Waals surface area (Å²) in [6.07, 6.45) is 5.08. The first-order valence-electron chi connectivity index (χ1n) is 4.34. The van der Waals surface area contributed by atoms with Crippen molar-refractivity contribution in [2.24, 2.45) is 5.92 Å². The van der Waals surface area contributed by atoms with Gasteiger partial charge in [-0.2, -0.15) is 0 Å². The predicted octanol–water partition coefficient (Wildman–Crippen LogP) is 0.751. The van der Waals surface area contributed by atoms with Gasteiger partial charge in [-0.05, 0) is 13.0 Å². The molecule has 3 nitrogen and oxygen atoms in total. The van der Waals surface area contributed by atoms with Crippen molar-refractivity contribution in [1.29, 1.82) is 0 Å². The molecule has 0 aliphatic heterocycles. The molecule has 0 bridgehead atoms. The van der Waals surface area contributed by atoms with E-state index in [1.807, 2.05) is 13.8 Å². The molecule has 0 rings (SSSR count). The van der Waals surface area contributed by atoms with Gasteiger partial charge in [0, 0.05) is 0 Å². The minimum atomic E-state index is -0.216. The summed E-state index contributed by atoms with van der Waals surface area (Å²) < 4.78 is 4.97. The molecule has 0 fully saturated rings. The van der Waals surface area contributed by atoms with Gasteiger partial charge in [-0.25, -0.2) is 0 Å². The van der Waals surface area contributed by atoms with E-state index in [9.17, 15) is 4.79 Å². The van der Waals surface area contributed by atoms with Crippen LogP contribution in [0.3, 0.4) is 0 Å². The van der Waals surface area contributed by atoms with Crippen LogP contribution in [0.15, 0.2) is 0 Å². The summed E-state index contributed by atoms with van der Waals surface area (Å²) >= 11 is 0. The number of likely N-dealkylation sites (N-methyl/N-ethyl adjacent to an activating group) is 1. The third-order valence-corrected chi connectivity index (χ3v) is 1.34. The largest absolute Gasteiger partial charge is 0.464 e. The van der Waals surface area contributed by atoms with Gasteiger partial charge in [-0.15, -0.1) is 6.42 Å². The second-order valence-electron chi connectivity index (χ2n) is 3.45. The molecule has 74 valence electrons. The molecule has 0 aromatic rings. The lowest BCUT2D eigenvalue weighted by Gasteiger charge is -2.13. The Morgan fingerprint density at radius 3 is 2.69 bits per heavy atom. The molecule has 0 unspecified atom stereocenters. The Morgan fingerprint density at radius 1 is 1.62 bits per heavy atom. The average molecular weight is 183 g/mol. The molecule has 0 aromatic heterocycles. The number of carbonyl (C=O) groups is 1. The van der Waals surface area contributed by atoms with Crippen molar-refractivity contribution >= 4 is 5.97 Å². The van der Waals surface area contributed by atoms with Gasteiger partial charge in [-0.1, -0.05) is 19.8 Å². The lowest BCUT2D eigenvalue weighted by molar-refractivity contribution is -0.145. The van der Waals surface area contributed by atoms with Gasteiger partial charge < -0.3 is 4.74 Å². The van der Waals surface area contributed by atoms with Crippen molar-refractivity contribution < 1.29 is 9.53 Å². The molecule has 0 aliphatic carbocycles. The van der Waals surface area contributed by atoms with Gasteiger partial charge in [-0.3, -0.25) is 9.69 Å². The Balaban J connectivity index is 3.57. The number of rotatable bonds is 5. The first kappa shape index (κ1) is 12.0. The van der Waals surface area contributed by atoms with E-state index in [0.29, 0.717) is 19.1 Å². The molecule has 0 saturated carbocycles. The Morgan fingerprint density at radius 2 is 2.23 bits per heavy atom. The zero-order valence-corrected chi connectivity index (χ0v) is 8.54. The SMILES string of the molecule is C#CCN(C)CC(=O)OCC(C)C.